The van der Waals surface area contributed by atoms with E-state index >= 15 is 0 Å². The molecule has 3 aromatic rings. The van der Waals surface area contributed by atoms with Crippen LogP contribution in [0.1, 0.15) is 30.2 Å². The van der Waals surface area contributed by atoms with Crippen LogP contribution in [-0.2, 0) is 0 Å². The lowest BCUT2D eigenvalue weighted by molar-refractivity contribution is 0.102. The lowest BCUT2D eigenvalue weighted by Crippen LogP contribution is -2.11. The molecule has 0 bridgehead atoms. The predicted octanol–water partition coefficient (Wildman–Crippen LogP) is 2.57. The van der Waals surface area contributed by atoms with Crippen LogP contribution in [0.3, 0.4) is 0 Å². The minimum absolute atomic E-state index is 0.154. The number of pyridine rings is 1. The van der Waals surface area contributed by atoms with Crippen molar-refractivity contribution >= 4 is 11.6 Å². The summed E-state index contributed by atoms with van der Waals surface area (Å²) in [5.74, 6) is 0.348. The number of tetrazole rings is 1. The maximum atomic E-state index is 12.2. The minimum atomic E-state index is -0.191. The molecule has 116 valence electrons. The van der Waals surface area contributed by atoms with Gasteiger partial charge in [0.25, 0.3) is 5.91 Å². The van der Waals surface area contributed by atoms with Crippen LogP contribution in [0.4, 0.5) is 5.69 Å². The Balaban J connectivity index is 1.74. The van der Waals surface area contributed by atoms with E-state index < -0.39 is 0 Å². The van der Waals surface area contributed by atoms with Crippen molar-refractivity contribution in [1.82, 2.24) is 25.2 Å². The van der Waals surface area contributed by atoms with Crippen LogP contribution in [-0.4, -0.2) is 31.1 Å². The van der Waals surface area contributed by atoms with Crippen LogP contribution in [0.2, 0.25) is 0 Å². The molecule has 0 aliphatic heterocycles. The molecule has 7 nitrogen and oxygen atoms in total. The van der Waals surface area contributed by atoms with Gasteiger partial charge in [0, 0.05) is 17.3 Å². The van der Waals surface area contributed by atoms with Gasteiger partial charge >= 0.3 is 0 Å². The van der Waals surface area contributed by atoms with E-state index in [1.165, 1.54) is 0 Å². The second kappa shape index (κ2) is 6.35. The van der Waals surface area contributed by atoms with Gasteiger partial charge in [-0.15, -0.1) is 10.2 Å². The van der Waals surface area contributed by atoms with Crippen molar-refractivity contribution in [3.8, 4) is 11.4 Å². The molecule has 0 atom stereocenters. The summed E-state index contributed by atoms with van der Waals surface area (Å²) in [6.45, 7) is 3.97. The summed E-state index contributed by atoms with van der Waals surface area (Å²) < 4.78 is 0. The zero-order valence-corrected chi connectivity index (χ0v) is 12.8. The van der Waals surface area contributed by atoms with Crippen LogP contribution in [0.15, 0.2) is 48.8 Å². The van der Waals surface area contributed by atoms with E-state index in [0.29, 0.717) is 17.1 Å². The van der Waals surface area contributed by atoms with E-state index in [2.05, 4.69) is 25.7 Å². The Hall–Kier alpha value is -3.09. The number of carbonyl (C=O) groups is 1. The van der Waals surface area contributed by atoms with Crippen LogP contribution in [0.25, 0.3) is 11.4 Å². The molecule has 0 radical (unpaired) electrons. The van der Waals surface area contributed by atoms with Crippen LogP contribution < -0.4 is 5.32 Å². The SMILES string of the molecule is CC(C)n1nnc(-c2ccc(C(=O)Nc3cccnc3)cc2)n1. The Morgan fingerprint density at radius 1 is 1.17 bits per heavy atom. The highest BCUT2D eigenvalue weighted by atomic mass is 16.1. The molecular weight excluding hydrogens is 292 g/mol. The number of hydrogen-bond donors (Lipinski definition) is 1. The van der Waals surface area contributed by atoms with Gasteiger partial charge in [0.1, 0.15) is 0 Å². The van der Waals surface area contributed by atoms with Crippen molar-refractivity contribution < 1.29 is 4.79 Å². The summed E-state index contributed by atoms with van der Waals surface area (Å²) in [4.78, 5) is 17.7. The largest absolute Gasteiger partial charge is 0.321 e. The average Bonchev–Trinajstić information content (AvgIpc) is 3.06. The van der Waals surface area contributed by atoms with Gasteiger partial charge in [0.2, 0.25) is 5.82 Å². The highest BCUT2D eigenvalue weighted by molar-refractivity contribution is 6.04. The van der Waals surface area contributed by atoms with E-state index in [9.17, 15) is 4.79 Å². The zero-order chi connectivity index (χ0) is 16.2. The lowest BCUT2D eigenvalue weighted by Gasteiger charge is -2.05. The lowest BCUT2D eigenvalue weighted by atomic mass is 10.1. The molecule has 0 aliphatic carbocycles. The van der Waals surface area contributed by atoms with Crippen molar-refractivity contribution in [2.24, 2.45) is 0 Å². The van der Waals surface area contributed by atoms with Gasteiger partial charge < -0.3 is 5.32 Å². The summed E-state index contributed by atoms with van der Waals surface area (Å²) in [7, 11) is 0. The van der Waals surface area contributed by atoms with Crippen molar-refractivity contribution in [2.75, 3.05) is 5.32 Å². The first-order valence-electron chi connectivity index (χ1n) is 7.25. The summed E-state index contributed by atoms with van der Waals surface area (Å²) >= 11 is 0. The molecule has 7 heteroatoms. The quantitative estimate of drug-likeness (QED) is 0.800. The average molecular weight is 308 g/mol. The topological polar surface area (TPSA) is 85.6 Å². The third-order valence-corrected chi connectivity index (χ3v) is 3.21. The van der Waals surface area contributed by atoms with E-state index in [1.54, 1.807) is 53.6 Å². The molecule has 0 aliphatic rings. The molecule has 0 saturated heterocycles. The summed E-state index contributed by atoms with van der Waals surface area (Å²) in [6, 6.07) is 10.8. The van der Waals surface area contributed by atoms with Gasteiger partial charge in [-0.1, -0.05) is 12.1 Å². The number of aromatic nitrogens is 5. The molecule has 2 aromatic heterocycles. The first-order valence-corrected chi connectivity index (χ1v) is 7.25. The van der Waals surface area contributed by atoms with Gasteiger partial charge in [-0.05, 0) is 43.3 Å². The number of rotatable bonds is 4. The Labute approximate surface area is 133 Å². The zero-order valence-electron chi connectivity index (χ0n) is 12.8. The standard InChI is InChI=1S/C16H16N6O/c1-11(2)22-20-15(19-21-22)12-5-7-13(8-6-12)16(23)18-14-4-3-9-17-10-14/h3-11H,1-2H3,(H,18,23). The Kier molecular flexibility index (Phi) is 4.09. The number of nitrogens with one attached hydrogen (secondary N) is 1. The monoisotopic (exact) mass is 308 g/mol. The fourth-order valence-electron chi connectivity index (χ4n) is 1.97. The van der Waals surface area contributed by atoms with Gasteiger partial charge in [-0.25, -0.2) is 0 Å². The van der Waals surface area contributed by atoms with Gasteiger partial charge in [0.05, 0.1) is 17.9 Å². The predicted molar refractivity (Wildman–Crippen MR) is 85.8 cm³/mol. The van der Waals surface area contributed by atoms with Gasteiger partial charge in [-0.3, -0.25) is 9.78 Å². The van der Waals surface area contributed by atoms with Crippen molar-refractivity contribution in [2.45, 2.75) is 19.9 Å². The molecule has 0 spiro atoms. The Morgan fingerprint density at radius 2 is 1.96 bits per heavy atom. The normalized spacial score (nSPS) is 10.7. The maximum absolute atomic E-state index is 12.2. The minimum Gasteiger partial charge on any atom is -0.321 e. The van der Waals surface area contributed by atoms with Crippen molar-refractivity contribution in [1.29, 1.82) is 0 Å². The highest BCUT2D eigenvalue weighted by Gasteiger charge is 2.10. The Morgan fingerprint density at radius 3 is 2.57 bits per heavy atom. The fraction of sp³-hybridized carbons (Fsp3) is 0.188. The number of anilines is 1. The molecule has 3 rings (SSSR count). The summed E-state index contributed by atoms with van der Waals surface area (Å²) in [5.41, 5.74) is 2.02. The first-order chi connectivity index (χ1) is 11.1. The van der Waals surface area contributed by atoms with Crippen molar-refractivity contribution in [3.05, 3.63) is 54.4 Å². The second-order valence-corrected chi connectivity index (χ2v) is 5.30. The molecule has 0 unspecified atom stereocenters. The van der Waals surface area contributed by atoms with Crippen molar-refractivity contribution in [3.63, 3.8) is 0 Å². The highest BCUT2D eigenvalue weighted by Crippen LogP contribution is 2.16. The maximum Gasteiger partial charge on any atom is 0.255 e. The Bertz CT molecular complexity index is 795. The van der Waals surface area contributed by atoms with E-state index in [-0.39, 0.29) is 11.9 Å². The molecular formula is C16H16N6O. The number of benzene rings is 1. The molecule has 1 aromatic carbocycles. The van der Waals surface area contributed by atoms with E-state index in [0.717, 1.165) is 5.56 Å². The smallest absolute Gasteiger partial charge is 0.255 e. The van der Waals surface area contributed by atoms with Gasteiger partial charge in [-0.2, -0.15) is 4.80 Å². The molecule has 0 saturated carbocycles. The number of nitrogens with zero attached hydrogens (tertiary/aromatic N) is 5. The van der Waals surface area contributed by atoms with Crippen LogP contribution in [0, 0.1) is 0 Å². The summed E-state index contributed by atoms with van der Waals surface area (Å²) in [6.07, 6.45) is 3.25. The molecule has 1 amide bonds. The van der Waals surface area contributed by atoms with E-state index in [1.807, 2.05) is 13.8 Å². The molecule has 1 N–H and O–H groups in total. The van der Waals surface area contributed by atoms with E-state index in [4.69, 9.17) is 0 Å². The summed E-state index contributed by atoms with van der Waals surface area (Å²) in [5, 5.41) is 15.1. The number of carbonyl (C=O) groups excluding carboxylic acids is 1. The van der Waals surface area contributed by atoms with Crippen LogP contribution in [0.5, 0.6) is 0 Å². The fourth-order valence-corrected chi connectivity index (χ4v) is 1.97. The first kappa shape index (κ1) is 14.8. The second-order valence-electron chi connectivity index (χ2n) is 5.30. The molecule has 23 heavy (non-hydrogen) atoms. The third-order valence-electron chi connectivity index (χ3n) is 3.21. The third kappa shape index (κ3) is 3.39. The number of amides is 1. The number of hydrogen-bond acceptors (Lipinski definition) is 5. The molecule has 2 heterocycles. The van der Waals surface area contributed by atoms with Gasteiger partial charge in [0.15, 0.2) is 0 Å². The van der Waals surface area contributed by atoms with Crippen LogP contribution >= 0.6 is 0 Å². The molecule has 0 fully saturated rings.